The normalized spacial score (nSPS) is 27.6. The largest absolute Gasteiger partial charge is 0.376 e. The zero-order chi connectivity index (χ0) is 12.4. The first-order chi connectivity index (χ1) is 8.13. The molecule has 0 spiro atoms. The highest BCUT2D eigenvalue weighted by Crippen LogP contribution is 2.27. The molecule has 1 fully saturated rings. The fourth-order valence-electron chi connectivity index (χ4n) is 1.87. The average molecular weight is 259 g/mol. The number of nitrogens with zero attached hydrogens (tertiary/aromatic N) is 1. The van der Waals surface area contributed by atoms with Gasteiger partial charge in [-0.15, -0.1) is 0 Å². The summed E-state index contributed by atoms with van der Waals surface area (Å²) in [4.78, 5) is 17.7. The fraction of sp³-hybridized carbons (Fsp3) is 0.600. The first-order valence-corrected chi connectivity index (χ1v) is 5.88. The van der Waals surface area contributed by atoms with Gasteiger partial charge in [0, 0.05) is 12.6 Å². The van der Waals surface area contributed by atoms with Crippen LogP contribution in [0.1, 0.15) is 13.3 Å². The van der Waals surface area contributed by atoms with Crippen LogP contribution in [0.4, 0.5) is 5.82 Å². The van der Waals surface area contributed by atoms with Gasteiger partial charge in [-0.05, 0) is 13.3 Å². The third-order valence-electron chi connectivity index (χ3n) is 2.85. The molecule has 1 aromatic heterocycles. The van der Waals surface area contributed by atoms with Crippen molar-refractivity contribution in [2.75, 3.05) is 11.9 Å². The van der Waals surface area contributed by atoms with Gasteiger partial charge in [0.1, 0.15) is 5.02 Å². The van der Waals surface area contributed by atoms with Gasteiger partial charge in [-0.2, -0.15) is 0 Å². The Balaban J connectivity index is 2.09. The Bertz CT molecular complexity index is 448. The summed E-state index contributed by atoms with van der Waals surface area (Å²) >= 11 is 5.84. The molecular formula is C10H15ClN4O2. The molecule has 2 rings (SSSR count). The van der Waals surface area contributed by atoms with E-state index in [0.717, 1.165) is 6.42 Å². The molecule has 0 aliphatic heterocycles. The van der Waals surface area contributed by atoms with Crippen molar-refractivity contribution in [3.63, 3.8) is 0 Å². The Morgan fingerprint density at radius 3 is 3.18 bits per heavy atom. The van der Waals surface area contributed by atoms with Crippen molar-refractivity contribution in [2.45, 2.75) is 31.5 Å². The molecular weight excluding hydrogens is 244 g/mol. The quantitative estimate of drug-likeness (QED) is 0.724. The second-order valence-corrected chi connectivity index (χ2v) is 4.34. The molecule has 1 aliphatic rings. The second kappa shape index (κ2) is 5.03. The lowest BCUT2D eigenvalue weighted by Gasteiger charge is -2.42. The SMILES string of the molecule is CCOC1CC(N)C1Nc1nc[nH]c(=O)c1Cl. The van der Waals surface area contributed by atoms with E-state index in [2.05, 4.69) is 15.3 Å². The molecule has 1 heterocycles. The predicted molar refractivity (Wildman–Crippen MR) is 65.3 cm³/mol. The van der Waals surface area contributed by atoms with Gasteiger partial charge < -0.3 is 20.8 Å². The predicted octanol–water partition coefficient (Wildman–Crippen LogP) is 0.340. The zero-order valence-corrected chi connectivity index (χ0v) is 10.2. The molecule has 17 heavy (non-hydrogen) atoms. The lowest BCUT2D eigenvalue weighted by molar-refractivity contribution is -0.0127. The number of halogens is 1. The highest BCUT2D eigenvalue weighted by molar-refractivity contribution is 6.32. The molecule has 94 valence electrons. The van der Waals surface area contributed by atoms with Gasteiger partial charge >= 0.3 is 0 Å². The van der Waals surface area contributed by atoms with Gasteiger partial charge in [-0.3, -0.25) is 4.79 Å². The van der Waals surface area contributed by atoms with E-state index in [-0.39, 0.29) is 28.8 Å². The van der Waals surface area contributed by atoms with Gasteiger partial charge in [0.25, 0.3) is 5.56 Å². The summed E-state index contributed by atoms with van der Waals surface area (Å²) in [6.07, 6.45) is 2.15. The minimum Gasteiger partial charge on any atom is -0.376 e. The Morgan fingerprint density at radius 1 is 1.76 bits per heavy atom. The lowest BCUT2D eigenvalue weighted by atomic mass is 9.83. The number of hydrogen-bond donors (Lipinski definition) is 3. The van der Waals surface area contributed by atoms with Gasteiger partial charge in [0.05, 0.1) is 18.5 Å². The summed E-state index contributed by atoms with van der Waals surface area (Å²) in [7, 11) is 0. The minimum atomic E-state index is -0.370. The Hall–Kier alpha value is -1.11. The highest BCUT2D eigenvalue weighted by atomic mass is 35.5. The summed E-state index contributed by atoms with van der Waals surface area (Å²) in [5.41, 5.74) is 5.51. The van der Waals surface area contributed by atoms with Crippen molar-refractivity contribution in [2.24, 2.45) is 5.73 Å². The van der Waals surface area contributed by atoms with Gasteiger partial charge in [0.15, 0.2) is 5.82 Å². The number of aromatic amines is 1. The van der Waals surface area contributed by atoms with Crippen LogP contribution in [0, 0.1) is 0 Å². The highest BCUT2D eigenvalue weighted by Gasteiger charge is 2.39. The van der Waals surface area contributed by atoms with Crippen molar-refractivity contribution in [1.29, 1.82) is 0 Å². The number of nitrogens with two attached hydrogens (primary N) is 1. The Morgan fingerprint density at radius 2 is 2.53 bits per heavy atom. The van der Waals surface area contributed by atoms with E-state index in [0.29, 0.717) is 12.4 Å². The van der Waals surface area contributed by atoms with E-state index in [1.165, 1.54) is 6.33 Å². The summed E-state index contributed by atoms with van der Waals surface area (Å²) in [6, 6.07) is -0.0644. The molecule has 0 radical (unpaired) electrons. The number of nitrogens with one attached hydrogen (secondary N) is 2. The Labute approximate surface area is 104 Å². The molecule has 0 bridgehead atoms. The van der Waals surface area contributed by atoms with E-state index in [1.807, 2.05) is 6.92 Å². The maximum Gasteiger partial charge on any atom is 0.271 e. The molecule has 0 amide bonds. The van der Waals surface area contributed by atoms with Crippen LogP contribution in [-0.2, 0) is 4.74 Å². The van der Waals surface area contributed by atoms with E-state index in [1.54, 1.807) is 0 Å². The van der Waals surface area contributed by atoms with Crippen molar-refractivity contribution >= 4 is 17.4 Å². The minimum absolute atomic E-state index is 0.0105. The van der Waals surface area contributed by atoms with Gasteiger partial charge in [-0.25, -0.2) is 4.98 Å². The molecule has 1 saturated carbocycles. The van der Waals surface area contributed by atoms with Crippen LogP contribution in [0.25, 0.3) is 0 Å². The van der Waals surface area contributed by atoms with Gasteiger partial charge in [-0.1, -0.05) is 11.6 Å². The molecule has 3 atom stereocenters. The van der Waals surface area contributed by atoms with Crippen LogP contribution in [0.3, 0.4) is 0 Å². The summed E-state index contributed by atoms with van der Waals surface area (Å²) in [5, 5.41) is 3.10. The van der Waals surface area contributed by atoms with Gasteiger partial charge in [0.2, 0.25) is 0 Å². The molecule has 3 unspecified atom stereocenters. The molecule has 0 aromatic carbocycles. The molecule has 0 saturated heterocycles. The first kappa shape index (κ1) is 12.3. The van der Waals surface area contributed by atoms with Crippen LogP contribution in [0.2, 0.25) is 5.02 Å². The Kier molecular flexibility index (Phi) is 3.66. The maximum atomic E-state index is 11.3. The maximum absolute atomic E-state index is 11.3. The first-order valence-electron chi connectivity index (χ1n) is 5.50. The van der Waals surface area contributed by atoms with Crippen molar-refractivity contribution in [1.82, 2.24) is 9.97 Å². The van der Waals surface area contributed by atoms with Crippen LogP contribution in [0.15, 0.2) is 11.1 Å². The van der Waals surface area contributed by atoms with Crippen LogP contribution < -0.4 is 16.6 Å². The monoisotopic (exact) mass is 258 g/mol. The second-order valence-electron chi connectivity index (χ2n) is 3.96. The topological polar surface area (TPSA) is 93.0 Å². The summed E-state index contributed by atoms with van der Waals surface area (Å²) in [6.45, 7) is 2.56. The van der Waals surface area contributed by atoms with Crippen molar-refractivity contribution in [3.05, 3.63) is 21.7 Å². The molecule has 6 nitrogen and oxygen atoms in total. The molecule has 4 N–H and O–H groups in total. The average Bonchev–Trinajstić information content (AvgIpc) is 2.31. The number of anilines is 1. The van der Waals surface area contributed by atoms with E-state index >= 15 is 0 Å². The van der Waals surface area contributed by atoms with E-state index in [9.17, 15) is 4.79 Å². The number of ether oxygens (including phenoxy) is 1. The van der Waals surface area contributed by atoms with E-state index in [4.69, 9.17) is 22.1 Å². The molecule has 7 heteroatoms. The van der Waals surface area contributed by atoms with Crippen LogP contribution >= 0.6 is 11.6 Å². The zero-order valence-electron chi connectivity index (χ0n) is 9.44. The lowest BCUT2D eigenvalue weighted by Crippen LogP contribution is -2.60. The smallest absolute Gasteiger partial charge is 0.271 e. The van der Waals surface area contributed by atoms with Crippen molar-refractivity contribution in [3.8, 4) is 0 Å². The third-order valence-corrected chi connectivity index (χ3v) is 3.20. The van der Waals surface area contributed by atoms with E-state index < -0.39 is 0 Å². The fourth-order valence-corrected chi connectivity index (χ4v) is 2.03. The number of H-pyrrole nitrogens is 1. The number of aromatic nitrogens is 2. The molecule has 1 aromatic rings. The number of hydrogen-bond acceptors (Lipinski definition) is 5. The van der Waals surface area contributed by atoms with Crippen LogP contribution in [0.5, 0.6) is 0 Å². The summed E-state index contributed by atoms with van der Waals surface area (Å²) in [5.74, 6) is 0.347. The number of rotatable bonds is 4. The van der Waals surface area contributed by atoms with Crippen molar-refractivity contribution < 1.29 is 4.74 Å². The summed E-state index contributed by atoms with van der Waals surface area (Å²) < 4.78 is 5.50. The molecule has 1 aliphatic carbocycles. The van der Waals surface area contributed by atoms with Crippen LogP contribution in [-0.4, -0.2) is 34.8 Å². The standard InChI is InChI=1S/C10H15ClN4O2/c1-2-17-6-3-5(12)8(6)15-9-7(11)10(16)14-4-13-9/h4-6,8H,2-3,12H2,1H3,(H2,13,14,15,16). The third kappa shape index (κ3) is 2.43.